The maximum atomic E-state index is 12.6. The molecule has 2 aliphatic heterocycles. The van der Waals surface area contributed by atoms with Crippen LogP contribution in [0.2, 0.25) is 0 Å². The number of carbonyl (C=O) groups is 3. The van der Waals surface area contributed by atoms with Crippen molar-refractivity contribution in [3.63, 3.8) is 0 Å². The second-order valence-corrected chi connectivity index (χ2v) is 5.28. The Morgan fingerprint density at radius 2 is 1.96 bits per heavy atom. The first-order chi connectivity index (χ1) is 11.6. The molecule has 0 aromatic heterocycles. The van der Waals surface area contributed by atoms with Crippen molar-refractivity contribution in [3.05, 3.63) is 40.8 Å². The fourth-order valence-electron chi connectivity index (χ4n) is 2.81. The zero-order valence-corrected chi connectivity index (χ0v) is 12.8. The molecule has 0 saturated carbocycles. The first kappa shape index (κ1) is 15.8. The summed E-state index contributed by atoms with van der Waals surface area (Å²) in [5.41, 5.74) is 0.481. The Labute approximate surface area is 136 Å². The summed E-state index contributed by atoms with van der Waals surface area (Å²) in [6.07, 6.45) is 0. The van der Waals surface area contributed by atoms with Crippen molar-refractivity contribution in [1.29, 1.82) is 0 Å². The van der Waals surface area contributed by atoms with E-state index in [1.165, 1.54) is 0 Å². The van der Waals surface area contributed by atoms with Gasteiger partial charge in [0.25, 0.3) is 5.91 Å². The van der Waals surface area contributed by atoms with E-state index in [2.05, 4.69) is 10.4 Å². The van der Waals surface area contributed by atoms with Crippen molar-refractivity contribution in [3.8, 4) is 0 Å². The molecule has 0 radical (unpaired) electrons. The van der Waals surface area contributed by atoms with Crippen LogP contribution in [0, 0.1) is 10.8 Å². The molecule has 9 heteroatoms. The highest BCUT2D eigenvalue weighted by molar-refractivity contribution is 6.43. The third-order valence-electron chi connectivity index (χ3n) is 3.87. The van der Waals surface area contributed by atoms with Gasteiger partial charge in [-0.05, 0) is 12.5 Å². The number of hydrazone groups is 1. The van der Waals surface area contributed by atoms with Crippen LogP contribution >= 0.6 is 0 Å². The maximum absolute atomic E-state index is 12.6. The lowest BCUT2D eigenvalue weighted by Crippen LogP contribution is -2.36. The zero-order valence-electron chi connectivity index (χ0n) is 12.8. The van der Waals surface area contributed by atoms with Crippen LogP contribution in [-0.4, -0.2) is 46.2 Å². The topological polar surface area (TPSA) is 109 Å². The number of hydrogen-bond acceptors (Lipinski definition) is 7. The van der Waals surface area contributed by atoms with Crippen molar-refractivity contribution in [1.82, 2.24) is 10.0 Å². The van der Waals surface area contributed by atoms with Gasteiger partial charge in [0.1, 0.15) is 5.92 Å². The molecule has 1 aromatic carbocycles. The van der Waals surface area contributed by atoms with Gasteiger partial charge in [-0.2, -0.15) is 0 Å². The van der Waals surface area contributed by atoms with Gasteiger partial charge in [-0.3, -0.25) is 14.5 Å². The molecule has 2 amide bonds. The number of nitrogens with zero attached hydrogens (tertiary/aromatic N) is 4. The quantitative estimate of drug-likeness (QED) is 0.441. The number of rotatable bonds is 5. The predicted molar refractivity (Wildman–Crippen MR) is 81.0 cm³/mol. The summed E-state index contributed by atoms with van der Waals surface area (Å²) in [5.74, 6) is -3.21. The van der Waals surface area contributed by atoms with Crippen LogP contribution in [0.25, 0.3) is 0 Å². The predicted octanol–water partition coefficient (Wildman–Crippen LogP) is 0.456. The van der Waals surface area contributed by atoms with Crippen LogP contribution in [0.5, 0.6) is 0 Å². The first-order valence-corrected chi connectivity index (χ1v) is 7.35. The van der Waals surface area contributed by atoms with Crippen LogP contribution in [-0.2, 0) is 25.7 Å². The summed E-state index contributed by atoms with van der Waals surface area (Å²) in [7, 11) is 0. The largest absolute Gasteiger partial charge is 0.461 e. The SMILES string of the molecule is CCOC(=O)C1=NN(N=O)[C@H]2C(=O)N(Cc3ccccc3)C(=O)[C@@H]12. The van der Waals surface area contributed by atoms with E-state index in [4.69, 9.17) is 4.74 Å². The molecule has 1 aromatic rings. The second kappa shape index (κ2) is 6.19. The van der Waals surface area contributed by atoms with Crippen molar-refractivity contribution in [2.75, 3.05) is 6.61 Å². The highest BCUT2D eigenvalue weighted by atomic mass is 16.5. The molecule has 2 heterocycles. The van der Waals surface area contributed by atoms with Crippen molar-refractivity contribution < 1.29 is 19.1 Å². The summed E-state index contributed by atoms with van der Waals surface area (Å²) in [5, 5.41) is 6.89. The molecule has 3 rings (SSSR count). The Hall–Kier alpha value is -3.10. The molecule has 0 spiro atoms. The third-order valence-corrected chi connectivity index (χ3v) is 3.87. The molecular formula is C15H14N4O5. The second-order valence-electron chi connectivity index (χ2n) is 5.28. The Bertz CT molecular complexity index is 733. The summed E-state index contributed by atoms with van der Waals surface area (Å²) >= 11 is 0. The molecule has 124 valence electrons. The zero-order chi connectivity index (χ0) is 17.3. The van der Waals surface area contributed by atoms with Crippen LogP contribution in [0.1, 0.15) is 12.5 Å². The lowest BCUT2D eigenvalue weighted by atomic mass is 9.98. The smallest absolute Gasteiger partial charge is 0.355 e. The average Bonchev–Trinajstić information content (AvgIpc) is 3.09. The lowest BCUT2D eigenvalue weighted by molar-refractivity contribution is -0.142. The molecular weight excluding hydrogens is 316 g/mol. The minimum absolute atomic E-state index is 0.0499. The van der Waals surface area contributed by atoms with Gasteiger partial charge < -0.3 is 4.74 Å². The van der Waals surface area contributed by atoms with Crippen molar-refractivity contribution in [2.45, 2.75) is 19.5 Å². The van der Waals surface area contributed by atoms with Crippen LogP contribution in [0.3, 0.4) is 0 Å². The number of fused-ring (bicyclic) bond motifs is 1. The molecule has 2 aliphatic rings. The fraction of sp³-hybridized carbons (Fsp3) is 0.333. The molecule has 1 saturated heterocycles. The monoisotopic (exact) mass is 330 g/mol. The summed E-state index contributed by atoms with van der Waals surface area (Å²) in [6, 6.07) is 7.70. The Balaban J connectivity index is 1.90. The summed E-state index contributed by atoms with van der Waals surface area (Å²) in [6.45, 7) is 1.73. The molecule has 0 unspecified atom stereocenters. The highest BCUT2D eigenvalue weighted by Gasteiger charge is 2.59. The normalized spacial score (nSPS) is 22.5. The number of carbonyl (C=O) groups excluding carboxylic acids is 3. The van der Waals surface area contributed by atoms with Gasteiger partial charge in [-0.1, -0.05) is 30.3 Å². The van der Waals surface area contributed by atoms with E-state index < -0.39 is 29.7 Å². The molecule has 1 fully saturated rings. The van der Waals surface area contributed by atoms with E-state index in [0.717, 1.165) is 10.5 Å². The van der Waals surface area contributed by atoms with E-state index in [9.17, 15) is 19.3 Å². The summed E-state index contributed by atoms with van der Waals surface area (Å²) < 4.78 is 4.84. The minimum Gasteiger partial charge on any atom is -0.461 e. The number of imide groups is 1. The average molecular weight is 330 g/mol. The highest BCUT2D eigenvalue weighted by Crippen LogP contribution is 2.33. The van der Waals surface area contributed by atoms with Gasteiger partial charge >= 0.3 is 5.97 Å². The maximum Gasteiger partial charge on any atom is 0.355 e. The van der Waals surface area contributed by atoms with E-state index in [1.807, 2.05) is 6.07 Å². The fourth-order valence-corrected chi connectivity index (χ4v) is 2.81. The molecule has 0 bridgehead atoms. The van der Waals surface area contributed by atoms with Gasteiger partial charge in [0.15, 0.2) is 11.8 Å². The third kappa shape index (κ3) is 2.43. The number of esters is 1. The minimum atomic E-state index is -1.22. The van der Waals surface area contributed by atoms with E-state index in [-0.39, 0.29) is 18.9 Å². The van der Waals surface area contributed by atoms with E-state index >= 15 is 0 Å². The number of amides is 2. The number of likely N-dealkylation sites (tertiary alicyclic amines) is 1. The van der Waals surface area contributed by atoms with Crippen molar-refractivity contribution >= 4 is 23.5 Å². The number of hydrogen-bond donors (Lipinski definition) is 0. The molecule has 2 atom stereocenters. The van der Waals surface area contributed by atoms with E-state index in [0.29, 0.717) is 5.12 Å². The molecule has 0 aliphatic carbocycles. The molecule has 0 N–H and O–H groups in total. The van der Waals surface area contributed by atoms with Crippen LogP contribution in [0.4, 0.5) is 0 Å². The number of benzene rings is 1. The van der Waals surface area contributed by atoms with E-state index in [1.54, 1.807) is 31.2 Å². The molecule has 9 nitrogen and oxygen atoms in total. The van der Waals surface area contributed by atoms with Crippen LogP contribution in [0.15, 0.2) is 40.7 Å². The lowest BCUT2D eigenvalue weighted by Gasteiger charge is -2.16. The first-order valence-electron chi connectivity index (χ1n) is 7.35. The van der Waals surface area contributed by atoms with Gasteiger partial charge in [0, 0.05) is 0 Å². The van der Waals surface area contributed by atoms with Crippen LogP contribution < -0.4 is 0 Å². The summed E-state index contributed by atoms with van der Waals surface area (Å²) in [4.78, 5) is 49.1. The van der Waals surface area contributed by atoms with Gasteiger partial charge in [0.2, 0.25) is 5.91 Å². The number of ether oxygens (including phenoxy) is 1. The van der Waals surface area contributed by atoms with Gasteiger partial charge in [-0.25, -0.2) is 4.79 Å². The standard InChI is InChI=1S/C15H14N4O5/c1-2-24-15(22)11-10-12(19(16-11)17-23)14(21)18(13(10)20)8-9-6-4-3-5-7-9/h3-7,10,12H,2,8H2,1H3/t10-,12+/m0/s1. The Morgan fingerprint density at radius 1 is 1.25 bits per heavy atom. The van der Waals surface area contributed by atoms with Crippen molar-refractivity contribution in [2.24, 2.45) is 16.3 Å². The van der Waals surface area contributed by atoms with Gasteiger partial charge in [0.05, 0.1) is 18.4 Å². The Kier molecular flexibility index (Phi) is 4.07. The number of nitroso groups, excluding NO2 is 1. The van der Waals surface area contributed by atoms with Gasteiger partial charge in [-0.15, -0.1) is 15.1 Å². The molecule has 24 heavy (non-hydrogen) atoms. The Morgan fingerprint density at radius 3 is 2.58 bits per heavy atom.